The van der Waals surface area contributed by atoms with Crippen LogP contribution in [-0.4, -0.2) is 61.3 Å². The topological polar surface area (TPSA) is 186 Å². The summed E-state index contributed by atoms with van der Waals surface area (Å²) in [6, 6.07) is 17.5. The van der Waals surface area contributed by atoms with Crippen LogP contribution in [0.3, 0.4) is 0 Å². The van der Waals surface area contributed by atoms with E-state index in [1.54, 1.807) is 6.07 Å². The molecule has 0 fully saturated rings. The van der Waals surface area contributed by atoms with E-state index in [9.17, 15) is 40.2 Å². The number of aromatic hydroxyl groups is 2. The van der Waals surface area contributed by atoms with Crippen LogP contribution in [0.25, 0.3) is 11.1 Å². The van der Waals surface area contributed by atoms with E-state index in [0.717, 1.165) is 33.4 Å². The van der Waals surface area contributed by atoms with Gasteiger partial charge in [-0.25, -0.2) is 0 Å². The molecule has 52 heavy (non-hydrogen) atoms. The lowest BCUT2D eigenvalue weighted by Crippen LogP contribution is -2.52. The van der Waals surface area contributed by atoms with Gasteiger partial charge in [0.05, 0.1) is 28.7 Å². The largest absolute Gasteiger partial charge is 0.508 e. The van der Waals surface area contributed by atoms with Gasteiger partial charge in [0.25, 0.3) is 0 Å². The number of hydrogen-bond donors (Lipinski definition) is 7. The van der Waals surface area contributed by atoms with Gasteiger partial charge in [0.1, 0.15) is 41.8 Å². The molecule has 0 bridgehead atoms. The number of halogens is 2. The molecule has 11 nitrogen and oxygen atoms in total. The summed E-state index contributed by atoms with van der Waals surface area (Å²) >= 11 is 13.0. The fourth-order valence-corrected chi connectivity index (χ4v) is 5.94. The van der Waals surface area contributed by atoms with Crippen molar-refractivity contribution in [1.82, 2.24) is 5.32 Å². The summed E-state index contributed by atoms with van der Waals surface area (Å²) < 4.78 is 12.1. The van der Waals surface area contributed by atoms with E-state index in [0.29, 0.717) is 11.1 Å². The zero-order valence-electron chi connectivity index (χ0n) is 29.3. The van der Waals surface area contributed by atoms with Crippen LogP contribution < -0.4 is 14.8 Å². The minimum atomic E-state index is -1.59. The Balaban J connectivity index is 1.47. The van der Waals surface area contributed by atoms with Gasteiger partial charge in [-0.1, -0.05) is 59.6 Å². The lowest BCUT2D eigenvalue weighted by Gasteiger charge is -2.24. The number of rotatable bonds is 17. The first-order valence-electron chi connectivity index (χ1n) is 16.4. The van der Waals surface area contributed by atoms with E-state index >= 15 is 0 Å². The van der Waals surface area contributed by atoms with Crippen LogP contribution in [0.1, 0.15) is 53.6 Å². The number of carboxylic acids is 2. The summed E-state index contributed by atoms with van der Waals surface area (Å²) in [4.78, 5) is 23.0. The molecule has 0 aliphatic heterocycles. The van der Waals surface area contributed by atoms with Crippen molar-refractivity contribution in [2.75, 3.05) is 13.2 Å². The third-order valence-corrected chi connectivity index (χ3v) is 10.1. The first-order valence-corrected chi connectivity index (χ1v) is 17.2. The normalized spacial score (nSPS) is 13.6. The first-order chi connectivity index (χ1) is 24.5. The van der Waals surface area contributed by atoms with Crippen LogP contribution in [0.2, 0.25) is 10.0 Å². The number of aliphatic hydroxyl groups excluding tert-OH is 2. The van der Waals surface area contributed by atoms with Gasteiger partial charge in [0.15, 0.2) is 0 Å². The Kier molecular flexibility index (Phi) is 13.1. The minimum absolute atomic E-state index is 0.0521. The number of aryl methyl sites for hydroxylation is 1. The molecule has 0 saturated carbocycles. The highest BCUT2D eigenvalue weighted by Crippen LogP contribution is 2.37. The number of phenols is 2. The highest BCUT2D eigenvalue weighted by atomic mass is 35.5. The maximum absolute atomic E-state index is 11.5. The van der Waals surface area contributed by atoms with Gasteiger partial charge < -0.3 is 40.1 Å². The van der Waals surface area contributed by atoms with E-state index in [1.807, 2.05) is 50.2 Å². The van der Waals surface area contributed by atoms with Gasteiger partial charge in [0, 0.05) is 24.2 Å². The smallest absolute Gasteiger partial charge is 0.326 e. The predicted molar refractivity (Wildman–Crippen MR) is 197 cm³/mol. The SMILES string of the molecule is Cc1c(COc2cc(O)c(CC[C@@](C)(CO)C(=O)O)cc2Cl)cccc1-c1cccc(COc2cc(O)c(CN[C@@](C)(CO)C(=O)O)cc2Cl)c1C. The van der Waals surface area contributed by atoms with E-state index < -0.39 is 36.1 Å². The van der Waals surface area contributed by atoms with Crippen molar-refractivity contribution in [3.63, 3.8) is 0 Å². The lowest BCUT2D eigenvalue weighted by molar-refractivity contribution is -0.150. The second-order valence-corrected chi connectivity index (χ2v) is 14.1. The van der Waals surface area contributed by atoms with Gasteiger partial charge >= 0.3 is 11.9 Å². The lowest BCUT2D eigenvalue weighted by atomic mass is 9.85. The number of ether oxygens (including phenoxy) is 2. The molecule has 4 aromatic carbocycles. The Morgan fingerprint density at radius 3 is 1.63 bits per heavy atom. The minimum Gasteiger partial charge on any atom is -0.508 e. The van der Waals surface area contributed by atoms with Crippen molar-refractivity contribution in [1.29, 1.82) is 0 Å². The zero-order valence-corrected chi connectivity index (χ0v) is 30.8. The third kappa shape index (κ3) is 9.09. The number of hydrogen-bond acceptors (Lipinski definition) is 9. The maximum Gasteiger partial charge on any atom is 0.326 e. The van der Waals surface area contributed by atoms with Crippen molar-refractivity contribution in [2.45, 2.75) is 65.8 Å². The molecular weight excluding hydrogens is 713 g/mol. The van der Waals surface area contributed by atoms with E-state index in [-0.39, 0.29) is 65.6 Å². The first kappa shape index (κ1) is 40.3. The molecule has 0 aliphatic carbocycles. The van der Waals surface area contributed by atoms with Gasteiger partial charge in [-0.15, -0.1) is 0 Å². The van der Waals surface area contributed by atoms with Crippen molar-refractivity contribution in [3.8, 4) is 34.1 Å². The number of phenolic OH excluding ortho intramolecular Hbond substituents is 2. The number of carboxylic acid groups (broad SMARTS) is 2. The predicted octanol–water partition coefficient (Wildman–Crippen LogP) is 6.79. The molecule has 0 amide bonds. The highest BCUT2D eigenvalue weighted by Gasteiger charge is 2.33. The van der Waals surface area contributed by atoms with Crippen LogP contribution in [0, 0.1) is 19.3 Å². The molecule has 0 unspecified atom stereocenters. The fourth-order valence-electron chi connectivity index (χ4n) is 5.46. The molecule has 2 atom stereocenters. The maximum atomic E-state index is 11.5. The van der Waals surface area contributed by atoms with Crippen molar-refractivity contribution in [3.05, 3.63) is 104 Å². The third-order valence-electron chi connectivity index (χ3n) is 9.48. The molecule has 13 heteroatoms. The quantitative estimate of drug-likeness (QED) is 0.0602. The number of benzene rings is 4. The van der Waals surface area contributed by atoms with Gasteiger partial charge in [-0.3, -0.25) is 14.9 Å². The molecule has 0 radical (unpaired) electrons. The van der Waals surface area contributed by atoms with Crippen molar-refractivity contribution < 1.29 is 49.7 Å². The monoisotopic (exact) mass is 755 g/mol. The molecule has 278 valence electrons. The molecule has 4 aromatic rings. The van der Waals surface area contributed by atoms with Crippen molar-refractivity contribution in [2.24, 2.45) is 5.41 Å². The van der Waals surface area contributed by atoms with Crippen LogP contribution >= 0.6 is 23.2 Å². The average molecular weight is 757 g/mol. The molecule has 7 N–H and O–H groups in total. The summed E-state index contributed by atoms with van der Waals surface area (Å²) in [5.41, 5.74) is 3.49. The molecule has 4 rings (SSSR count). The van der Waals surface area contributed by atoms with Gasteiger partial charge in [-0.2, -0.15) is 0 Å². The van der Waals surface area contributed by atoms with Crippen LogP contribution in [-0.2, 0) is 35.8 Å². The Morgan fingerprint density at radius 2 is 1.19 bits per heavy atom. The molecule has 0 spiro atoms. The molecule has 0 saturated heterocycles. The Bertz CT molecular complexity index is 1810. The van der Waals surface area contributed by atoms with E-state index in [2.05, 4.69) is 5.32 Å². The summed E-state index contributed by atoms with van der Waals surface area (Å²) in [6.07, 6.45) is 0.301. The fraction of sp³-hybridized carbons (Fsp3) is 0.333. The summed E-state index contributed by atoms with van der Waals surface area (Å²) in [5.74, 6) is -2.08. The number of aliphatic carboxylic acids is 2. The van der Waals surface area contributed by atoms with E-state index in [4.69, 9.17) is 32.7 Å². The molecule has 0 heterocycles. The average Bonchev–Trinajstić information content (AvgIpc) is 3.11. The van der Waals surface area contributed by atoms with Crippen LogP contribution in [0.5, 0.6) is 23.0 Å². The second-order valence-electron chi connectivity index (χ2n) is 13.3. The molecular formula is C39H43Cl2NO10. The molecule has 0 aliphatic rings. The summed E-state index contributed by atoms with van der Waals surface area (Å²) in [6.45, 7) is 5.82. The molecule has 0 aromatic heterocycles. The van der Waals surface area contributed by atoms with Crippen molar-refractivity contribution >= 4 is 35.1 Å². The summed E-state index contributed by atoms with van der Waals surface area (Å²) in [7, 11) is 0. The number of nitrogens with one attached hydrogen (secondary N) is 1. The number of carbonyl (C=O) groups is 2. The van der Waals surface area contributed by atoms with Crippen LogP contribution in [0.4, 0.5) is 0 Å². The standard InChI is InChI=1S/C39H43Cl2NO10/c1-22-25(18-51-34-15-32(45)24(13-30(34)40)11-12-38(3,20-43)36(47)48)7-5-9-28(22)29-10-6-8-26(23(29)2)19-52-35-16-33(46)27(14-31(35)41)17-42-39(4,21-44)37(49)50/h5-10,13-16,42-46H,11-12,17-21H2,1-4H3,(H,47,48)(H,49,50)/t38-,39-/m0/s1. The van der Waals surface area contributed by atoms with E-state index in [1.165, 1.54) is 32.0 Å². The second kappa shape index (κ2) is 16.9. The summed E-state index contributed by atoms with van der Waals surface area (Å²) in [5, 5.41) is 62.3. The Morgan fingerprint density at radius 1 is 0.712 bits per heavy atom. The Hall–Kier alpha value is -4.52. The van der Waals surface area contributed by atoms with Crippen LogP contribution in [0.15, 0.2) is 60.7 Å². The Labute approximate surface area is 312 Å². The zero-order chi connectivity index (χ0) is 38.4. The van der Waals surface area contributed by atoms with Gasteiger partial charge in [-0.05, 0) is 91.6 Å². The highest BCUT2D eigenvalue weighted by molar-refractivity contribution is 6.32. The van der Waals surface area contributed by atoms with Gasteiger partial charge in [0.2, 0.25) is 0 Å². The number of aliphatic hydroxyl groups is 2.